The van der Waals surface area contributed by atoms with Crippen LogP contribution in [-0.4, -0.2) is 67.6 Å². The van der Waals surface area contributed by atoms with Crippen LogP contribution in [0.15, 0.2) is 4.99 Å². The summed E-state index contributed by atoms with van der Waals surface area (Å²) in [6.07, 6.45) is 6.42. The number of nitrogens with zero attached hydrogens (tertiary/aromatic N) is 3. The van der Waals surface area contributed by atoms with Crippen molar-refractivity contribution in [1.82, 2.24) is 15.1 Å². The van der Waals surface area contributed by atoms with Gasteiger partial charge in [0, 0.05) is 12.6 Å². The number of nitrogens with two attached hydrogens (primary N) is 1. The predicted octanol–water partition coefficient (Wildman–Crippen LogP) is 1.50. The second kappa shape index (κ2) is 9.36. The predicted molar refractivity (Wildman–Crippen MR) is 94.2 cm³/mol. The number of rotatable bonds is 7. The lowest BCUT2D eigenvalue weighted by Gasteiger charge is -2.30. The number of hydrogen-bond acceptors (Lipinski definition) is 3. The first-order chi connectivity index (χ1) is 10.7. The van der Waals surface area contributed by atoms with Gasteiger partial charge in [-0.1, -0.05) is 13.8 Å². The van der Waals surface area contributed by atoms with Gasteiger partial charge in [-0.2, -0.15) is 0 Å². The molecule has 5 nitrogen and oxygen atoms in total. The average molecular weight is 310 g/mol. The summed E-state index contributed by atoms with van der Waals surface area (Å²) in [5, 5.41) is 3.27. The Kier molecular flexibility index (Phi) is 7.46. The third-order valence-corrected chi connectivity index (χ3v) is 5.21. The van der Waals surface area contributed by atoms with E-state index in [0.717, 1.165) is 32.0 Å². The summed E-state index contributed by atoms with van der Waals surface area (Å²) in [7, 11) is 0. The van der Waals surface area contributed by atoms with Crippen molar-refractivity contribution in [3.05, 3.63) is 0 Å². The van der Waals surface area contributed by atoms with Crippen LogP contribution in [0.5, 0.6) is 0 Å². The van der Waals surface area contributed by atoms with Crippen molar-refractivity contribution in [2.24, 2.45) is 16.6 Å². The van der Waals surface area contributed by atoms with Gasteiger partial charge < -0.3 is 16.0 Å². The van der Waals surface area contributed by atoms with Crippen LogP contribution in [0.2, 0.25) is 0 Å². The Balaban J connectivity index is 1.55. The van der Waals surface area contributed by atoms with Gasteiger partial charge in [0.15, 0.2) is 5.96 Å². The summed E-state index contributed by atoms with van der Waals surface area (Å²) < 4.78 is 0. The highest BCUT2D eigenvalue weighted by atomic mass is 15.2. The molecule has 0 radical (unpaired) electrons. The molecule has 0 saturated carbocycles. The molecule has 1 unspecified atom stereocenters. The summed E-state index contributed by atoms with van der Waals surface area (Å²) in [6.45, 7) is 12.4. The van der Waals surface area contributed by atoms with Gasteiger partial charge in [0.1, 0.15) is 0 Å². The number of nitrogens with one attached hydrogen (secondary N) is 1. The lowest BCUT2D eigenvalue weighted by Crippen LogP contribution is -2.38. The van der Waals surface area contributed by atoms with E-state index >= 15 is 0 Å². The van der Waals surface area contributed by atoms with Gasteiger partial charge in [-0.3, -0.25) is 9.89 Å². The maximum absolute atomic E-state index is 5.98. The first kappa shape index (κ1) is 17.5. The molecule has 0 aromatic carbocycles. The molecule has 2 saturated heterocycles. The van der Waals surface area contributed by atoms with E-state index in [2.05, 4.69) is 34.0 Å². The van der Waals surface area contributed by atoms with Crippen LogP contribution in [0.25, 0.3) is 0 Å². The van der Waals surface area contributed by atoms with Gasteiger partial charge in [0.2, 0.25) is 0 Å². The van der Waals surface area contributed by atoms with Gasteiger partial charge in [-0.05, 0) is 70.7 Å². The van der Waals surface area contributed by atoms with Crippen LogP contribution < -0.4 is 11.1 Å². The Morgan fingerprint density at radius 1 is 1.23 bits per heavy atom. The number of hydrogen-bond donors (Lipinski definition) is 2. The highest BCUT2D eigenvalue weighted by Gasteiger charge is 2.22. The molecule has 0 aromatic rings. The molecule has 0 aliphatic carbocycles. The van der Waals surface area contributed by atoms with E-state index < -0.39 is 0 Å². The number of likely N-dealkylation sites (tertiary alicyclic amines) is 2. The van der Waals surface area contributed by atoms with E-state index in [4.69, 9.17) is 5.73 Å². The SMILES string of the molecule is CCN1CCCC1CN=C(N)NCCCN1CCC(C)CC1. The number of aliphatic imine (C=N–C) groups is 1. The number of likely N-dealkylation sites (N-methyl/N-ethyl adjacent to an activating group) is 1. The fraction of sp³-hybridized carbons (Fsp3) is 0.941. The van der Waals surface area contributed by atoms with Crippen molar-refractivity contribution in [3.63, 3.8) is 0 Å². The summed E-state index contributed by atoms with van der Waals surface area (Å²) >= 11 is 0. The smallest absolute Gasteiger partial charge is 0.188 e. The van der Waals surface area contributed by atoms with E-state index in [1.807, 2.05) is 0 Å². The molecule has 1 atom stereocenters. The van der Waals surface area contributed by atoms with E-state index in [-0.39, 0.29) is 0 Å². The van der Waals surface area contributed by atoms with Gasteiger partial charge >= 0.3 is 0 Å². The van der Waals surface area contributed by atoms with Crippen LogP contribution in [-0.2, 0) is 0 Å². The van der Waals surface area contributed by atoms with Crippen LogP contribution in [0.3, 0.4) is 0 Å². The zero-order valence-electron chi connectivity index (χ0n) is 14.6. The largest absolute Gasteiger partial charge is 0.370 e. The minimum atomic E-state index is 0.598. The maximum Gasteiger partial charge on any atom is 0.188 e. The Bertz CT molecular complexity index is 336. The molecular formula is C17H35N5. The third-order valence-electron chi connectivity index (χ3n) is 5.21. The zero-order chi connectivity index (χ0) is 15.8. The second-order valence-corrected chi connectivity index (χ2v) is 6.96. The molecule has 0 spiro atoms. The molecule has 2 rings (SSSR count). The van der Waals surface area contributed by atoms with Gasteiger partial charge in [0.05, 0.1) is 6.54 Å². The van der Waals surface area contributed by atoms with Crippen molar-refractivity contribution in [2.75, 3.05) is 45.8 Å². The van der Waals surface area contributed by atoms with Crippen LogP contribution in [0.1, 0.15) is 46.0 Å². The minimum Gasteiger partial charge on any atom is -0.370 e. The molecule has 2 fully saturated rings. The van der Waals surface area contributed by atoms with Crippen molar-refractivity contribution >= 4 is 5.96 Å². The summed E-state index contributed by atoms with van der Waals surface area (Å²) in [5.41, 5.74) is 5.98. The Morgan fingerprint density at radius 3 is 2.73 bits per heavy atom. The number of piperidine rings is 1. The fourth-order valence-corrected chi connectivity index (χ4v) is 3.58. The van der Waals surface area contributed by atoms with E-state index in [1.54, 1.807) is 0 Å². The molecular weight excluding hydrogens is 274 g/mol. The molecule has 22 heavy (non-hydrogen) atoms. The maximum atomic E-state index is 5.98. The van der Waals surface area contributed by atoms with Gasteiger partial charge in [-0.25, -0.2) is 0 Å². The van der Waals surface area contributed by atoms with Crippen LogP contribution in [0.4, 0.5) is 0 Å². The van der Waals surface area contributed by atoms with Crippen molar-refractivity contribution in [1.29, 1.82) is 0 Å². The lowest BCUT2D eigenvalue weighted by molar-refractivity contribution is 0.191. The van der Waals surface area contributed by atoms with Gasteiger partial charge in [-0.15, -0.1) is 0 Å². The van der Waals surface area contributed by atoms with Gasteiger partial charge in [0.25, 0.3) is 0 Å². The van der Waals surface area contributed by atoms with Crippen molar-refractivity contribution in [3.8, 4) is 0 Å². The lowest BCUT2D eigenvalue weighted by atomic mass is 9.99. The third kappa shape index (κ3) is 5.76. The topological polar surface area (TPSA) is 56.9 Å². The molecule has 3 N–H and O–H groups in total. The van der Waals surface area contributed by atoms with E-state index in [1.165, 1.54) is 51.9 Å². The standard InChI is InChI=1S/C17H35N5/c1-3-22-11-4-6-16(22)14-20-17(18)19-9-5-10-21-12-7-15(2)8-13-21/h15-16H,3-14H2,1-2H3,(H3,18,19,20). The molecule has 128 valence electrons. The number of guanidine groups is 1. The Labute approximate surface area is 136 Å². The molecule has 0 aromatic heterocycles. The molecule has 2 heterocycles. The zero-order valence-corrected chi connectivity index (χ0v) is 14.6. The molecule has 2 aliphatic heterocycles. The summed E-state index contributed by atoms with van der Waals surface area (Å²) in [4.78, 5) is 9.61. The highest BCUT2D eigenvalue weighted by molar-refractivity contribution is 5.77. The minimum absolute atomic E-state index is 0.598. The summed E-state index contributed by atoms with van der Waals surface area (Å²) in [6, 6.07) is 0.598. The Hall–Kier alpha value is -0.810. The summed E-state index contributed by atoms with van der Waals surface area (Å²) in [5.74, 6) is 1.53. The van der Waals surface area contributed by atoms with Crippen molar-refractivity contribution < 1.29 is 0 Å². The molecule has 0 amide bonds. The second-order valence-electron chi connectivity index (χ2n) is 6.96. The first-order valence-electron chi connectivity index (χ1n) is 9.19. The van der Waals surface area contributed by atoms with Crippen LogP contribution in [0, 0.1) is 5.92 Å². The molecule has 5 heteroatoms. The average Bonchev–Trinajstić information content (AvgIpc) is 2.99. The monoisotopic (exact) mass is 309 g/mol. The van der Waals surface area contributed by atoms with E-state index in [0.29, 0.717) is 12.0 Å². The highest BCUT2D eigenvalue weighted by Crippen LogP contribution is 2.17. The van der Waals surface area contributed by atoms with Crippen LogP contribution >= 0.6 is 0 Å². The fourth-order valence-electron chi connectivity index (χ4n) is 3.58. The van der Waals surface area contributed by atoms with Crippen molar-refractivity contribution in [2.45, 2.75) is 52.0 Å². The quantitative estimate of drug-likeness (QED) is 0.425. The van der Waals surface area contributed by atoms with E-state index in [9.17, 15) is 0 Å². The first-order valence-corrected chi connectivity index (χ1v) is 9.19. The normalized spacial score (nSPS) is 25.7. The Morgan fingerprint density at radius 2 is 2.00 bits per heavy atom. The molecule has 0 bridgehead atoms. The molecule has 2 aliphatic rings.